The van der Waals surface area contributed by atoms with Crippen LogP contribution < -0.4 is 11.1 Å². The summed E-state index contributed by atoms with van der Waals surface area (Å²) in [6.07, 6.45) is 2.48. The summed E-state index contributed by atoms with van der Waals surface area (Å²) in [5, 5.41) is 2.67. The molecule has 2 aromatic rings. The Kier molecular flexibility index (Phi) is 6.36. The molecule has 0 bridgehead atoms. The maximum absolute atomic E-state index is 13.2. The van der Waals surface area contributed by atoms with Crippen molar-refractivity contribution in [2.75, 3.05) is 25.0 Å². The molecule has 0 radical (unpaired) electrons. The fourth-order valence-corrected chi connectivity index (χ4v) is 3.32. The van der Waals surface area contributed by atoms with Gasteiger partial charge >= 0.3 is 0 Å². The Hall–Kier alpha value is -2.80. The Morgan fingerprint density at radius 2 is 1.71 bits per heavy atom. The van der Waals surface area contributed by atoms with E-state index in [1.165, 1.54) is 6.07 Å². The van der Waals surface area contributed by atoms with Crippen LogP contribution in [0.3, 0.4) is 0 Å². The van der Waals surface area contributed by atoms with Gasteiger partial charge in [-0.2, -0.15) is 0 Å². The molecule has 1 aliphatic rings. The van der Waals surface area contributed by atoms with E-state index in [9.17, 15) is 18.4 Å². The molecule has 0 saturated carbocycles. The number of carbonyl (C=O) groups excluding carboxylic acids is 2. The number of hydrogen-bond donors (Lipinski definition) is 2. The molecule has 0 unspecified atom stereocenters. The Balaban J connectivity index is 1.49. The topological polar surface area (TPSA) is 75.4 Å². The van der Waals surface area contributed by atoms with Crippen LogP contribution in [-0.4, -0.2) is 36.3 Å². The first-order valence-corrected chi connectivity index (χ1v) is 9.29. The summed E-state index contributed by atoms with van der Waals surface area (Å²) in [6.45, 7) is 2.64. The molecule has 1 saturated heterocycles. The normalized spacial score (nSPS) is 15.4. The van der Waals surface area contributed by atoms with E-state index in [-0.39, 0.29) is 17.4 Å². The molecule has 1 aliphatic heterocycles. The highest BCUT2D eigenvalue weighted by Crippen LogP contribution is 2.18. The van der Waals surface area contributed by atoms with Crippen molar-refractivity contribution < 1.29 is 18.4 Å². The number of nitrogens with two attached hydrogens (primary N) is 1. The molecule has 28 heavy (non-hydrogen) atoms. The molecule has 148 valence electrons. The minimum absolute atomic E-state index is 0.00581. The summed E-state index contributed by atoms with van der Waals surface area (Å²) >= 11 is 0. The maximum Gasteiger partial charge on any atom is 0.255 e. The average Bonchev–Trinajstić information content (AvgIpc) is 2.69. The highest BCUT2D eigenvalue weighted by molar-refractivity contribution is 6.04. The van der Waals surface area contributed by atoms with E-state index < -0.39 is 17.5 Å². The van der Waals surface area contributed by atoms with E-state index in [1.54, 1.807) is 12.1 Å². The second-order valence-corrected chi connectivity index (χ2v) is 7.05. The molecule has 3 rings (SSSR count). The van der Waals surface area contributed by atoms with E-state index in [2.05, 4.69) is 10.2 Å². The molecule has 0 atom stereocenters. The van der Waals surface area contributed by atoms with Crippen LogP contribution in [0.5, 0.6) is 0 Å². The Labute approximate surface area is 162 Å². The highest BCUT2D eigenvalue weighted by atomic mass is 19.2. The third-order valence-electron chi connectivity index (χ3n) is 5.10. The van der Waals surface area contributed by atoms with Crippen LogP contribution >= 0.6 is 0 Å². The van der Waals surface area contributed by atoms with E-state index in [1.807, 2.05) is 12.1 Å². The number of halogens is 2. The molecule has 0 aromatic heterocycles. The summed E-state index contributed by atoms with van der Waals surface area (Å²) in [6, 6.07) is 10.5. The Morgan fingerprint density at radius 1 is 1.04 bits per heavy atom. The van der Waals surface area contributed by atoms with Crippen molar-refractivity contribution in [1.29, 1.82) is 0 Å². The standard InChI is InChI=1S/C21H23F2N3O2/c22-18-6-3-16(13-19(18)23)21(28)25-17-4-1-14(2-5-17)7-10-26-11-8-15(9-12-26)20(24)27/h1-6,13,15H,7-12H2,(H2,24,27)(H,25,28). The predicted octanol–water partition coefficient (Wildman–Crippen LogP) is 2.96. The molecule has 1 heterocycles. The molecule has 1 fully saturated rings. The van der Waals surface area contributed by atoms with Gasteiger partial charge in [0, 0.05) is 23.7 Å². The molecular weight excluding hydrogens is 364 g/mol. The van der Waals surface area contributed by atoms with E-state index >= 15 is 0 Å². The van der Waals surface area contributed by atoms with E-state index in [4.69, 9.17) is 5.73 Å². The van der Waals surface area contributed by atoms with Crippen LogP contribution in [0.15, 0.2) is 42.5 Å². The minimum atomic E-state index is -1.05. The molecule has 0 aliphatic carbocycles. The highest BCUT2D eigenvalue weighted by Gasteiger charge is 2.22. The third kappa shape index (κ3) is 5.13. The largest absolute Gasteiger partial charge is 0.369 e. The average molecular weight is 387 g/mol. The second kappa shape index (κ2) is 8.93. The van der Waals surface area contributed by atoms with Gasteiger partial charge in [0.15, 0.2) is 11.6 Å². The SMILES string of the molecule is NC(=O)C1CCN(CCc2ccc(NC(=O)c3ccc(F)c(F)c3)cc2)CC1. The minimum Gasteiger partial charge on any atom is -0.369 e. The number of anilines is 1. The lowest BCUT2D eigenvalue weighted by Crippen LogP contribution is -2.39. The predicted molar refractivity (Wildman–Crippen MR) is 103 cm³/mol. The summed E-state index contributed by atoms with van der Waals surface area (Å²) in [5.41, 5.74) is 7.12. The van der Waals surface area contributed by atoms with Gasteiger partial charge in [-0.1, -0.05) is 12.1 Å². The fourth-order valence-electron chi connectivity index (χ4n) is 3.32. The molecule has 3 N–H and O–H groups in total. The summed E-state index contributed by atoms with van der Waals surface area (Å²) in [4.78, 5) is 25.7. The first kappa shape index (κ1) is 19.9. The van der Waals surface area contributed by atoms with Gasteiger partial charge in [0.2, 0.25) is 5.91 Å². The lowest BCUT2D eigenvalue weighted by molar-refractivity contribution is -0.123. The Bertz CT molecular complexity index is 847. The number of carbonyl (C=O) groups is 2. The number of benzene rings is 2. The molecular formula is C21H23F2N3O2. The zero-order chi connectivity index (χ0) is 20.1. The number of amides is 2. The van der Waals surface area contributed by atoms with Crippen LogP contribution in [0.2, 0.25) is 0 Å². The quantitative estimate of drug-likeness (QED) is 0.800. The number of primary amides is 1. The number of nitrogens with zero attached hydrogens (tertiary/aromatic N) is 1. The van der Waals surface area contributed by atoms with Gasteiger partial charge in [0.05, 0.1) is 0 Å². The van der Waals surface area contributed by atoms with Crippen molar-refractivity contribution in [1.82, 2.24) is 4.90 Å². The van der Waals surface area contributed by atoms with Gasteiger partial charge in [0.25, 0.3) is 5.91 Å². The van der Waals surface area contributed by atoms with Crippen LogP contribution in [0.25, 0.3) is 0 Å². The summed E-state index contributed by atoms with van der Waals surface area (Å²) < 4.78 is 26.2. The fraction of sp³-hybridized carbons (Fsp3) is 0.333. The number of hydrogen-bond acceptors (Lipinski definition) is 3. The second-order valence-electron chi connectivity index (χ2n) is 7.05. The van der Waals surface area contributed by atoms with Gasteiger partial charge < -0.3 is 16.0 Å². The van der Waals surface area contributed by atoms with Gasteiger partial charge in [-0.15, -0.1) is 0 Å². The van der Waals surface area contributed by atoms with Crippen LogP contribution in [-0.2, 0) is 11.2 Å². The lowest BCUT2D eigenvalue weighted by Gasteiger charge is -2.30. The van der Waals surface area contributed by atoms with Crippen molar-refractivity contribution in [2.24, 2.45) is 11.7 Å². The van der Waals surface area contributed by atoms with Crippen molar-refractivity contribution in [3.63, 3.8) is 0 Å². The molecule has 0 spiro atoms. The van der Waals surface area contributed by atoms with Crippen LogP contribution in [0.4, 0.5) is 14.5 Å². The summed E-state index contributed by atoms with van der Waals surface area (Å²) in [5.74, 6) is -2.75. The van der Waals surface area contributed by atoms with Gasteiger partial charge in [-0.3, -0.25) is 9.59 Å². The van der Waals surface area contributed by atoms with Gasteiger partial charge in [-0.05, 0) is 68.2 Å². The molecule has 7 heteroatoms. The number of rotatable bonds is 6. The first-order valence-electron chi connectivity index (χ1n) is 9.29. The van der Waals surface area contributed by atoms with Crippen LogP contribution in [0.1, 0.15) is 28.8 Å². The number of likely N-dealkylation sites (tertiary alicyclic amines) is 1. The molecule has 5 nitrogen and oxygen atoms in total. The molecule has 2 amide bonds. The van der Waals surface area contributed by atoms with Crippen molar-refractivity contribution in [2.45, 2.75) is 19.3 Å². The van der Waals surface area contributed by atoms with Crippen molar-refractivity contribution in [3.05, 3.63) is 65.2 Å². The monoisotopic (exact) mass is 387 g/mol. The number of piperidine rings is 1. The number of nitrogens with one attached hydrogen (secondary N) is 1. The van der Waals surface area contributed by atoms with Gasteiger partial charge in [0.1, 0.15) is 0 Å². The van der Waals surface area contributed by atoms with Crippen molar-refractivity contribution >= 4 is 17.5 Å². The van der Waals surface area contributed by atoms with E-state index in [0.29, 0.717) is 5.69 Å². The first-order chi connectivity index (χ1) is 13.4. The maximum atomic E-state index is 13.2. The van der Waals surface area contributed by atoms with Crippen molar-refractivity contribution in [3.8, 4) is 0 Å². The molecule has 2 aromatic carbocycles. The third-order valence-corrected chi connectivity index (χ3v) is 5.10. The lowest BCUT2D eigenvalue weighted by atomic mass is 9.96. The zero-order valence-electron chi connectivity index (χ0n) is 15.5. The van der Waals surface area contributed by atoms with E-state index in [0.717, 1.165) is 56.6 Å². The summed E-state index contributed by atoms with van der Waals surface area (Å²) in [7, 11) is 0. The van der Waals surface area contributed by atoms with Crippen LogP contribution in [0, 0.1) is 17.6 Å². The Morgan fingerprint density at radius 3 is 2.32 bits per heavy atom. The van der Waals surface area contributed by atoms with Gasteiger partial charge in [-0.25, -0.2) is 8.78 Å². The smallest absolute Gasteiger partial charge is 0.255 e. The zero-order valence-corrected chi connectivity index (χ0v) is 15.5.